The van der Waals surface area contributed by atoms with Crippen molar-refractivity contribution in [1.29, 1.82) is 0 Å². The molecule has 1 N–H and O–H groups in total. The predicted octanol–water partition coefficient (Wildman–Crippen LogP) is 2.27. The average Bonchev–Trinajstić information content (AvgIpc) is 2.68. The zero-order valence-corrected chi connectivity index (χ0v) is 9.11. The normalized spacial score (nSPS) is 19.7. The van der Waals surface area contributed by atoms with Crippen molar-refractivity contribution in [2.24, 2.45) is 0 Å². The maximum atomic E-state index is 4.70. The molecule has 1 aliphatic carbocycles. The molecule has 0 aromatic carbocycles. The Morgan fingerprint density at radius 1 is 1.20 bits per heavy atom. The van der Waals surface area contributed by atoms with Crippen LogP contribution in [0.3, 0.4) is 0 Å². The molecule has 0 radical (unpaired) electrons. The lowest BCUT2D eigenvalue weighted by Gasteiger charge is -2.20. The van der Waals surface area contributed by atoms with Gasteiger partial charge in [-0.15, -0.1) is 0 Å². The van der Waals surface area contributed by atoms with Gasteiger partial charge in [0.2, 0.25) is 6.39 Å². The Bertz CT molecular complexity index is 253. The van der Waals surface area contributed by atoms with E-state index in [4.69, 9.17) is 4.52 Å². The molecule has 0 saturated heterocycles. The molecule has 2 rings (SSSR count). The van der Waals surface area contributed by atoms with Crippen LogP contribution in [0, 0.1) is 0 Å². The van der Waals surface area contributed by atoms with Gasteiger partial charge < -0.3 is 9.84 Å². The maximum absolute atomic E-state index is 4.70. The van der Waals surface area contributed by atoms with Gasteiger partial charge in [0.25, 0.3) is 0 Å². The van der Waals surface area contributed by atoms with Crippen molar-refractivity contribution in [2.75, 3.05) is 0 Å². The molecule has 84 valence electrons. The second-order valence-electron chi connectivity index (χ2n) is 4.27. The lowest BCUT2D eigenvalue weighted by Crippen LogP contribution is -2.29. The first kappa shape index (κ1) is 10.6. The zero-order valence-electron chi connectivity index (χ0n) is 9.11. The Morgan fingerprint density at radius 2 is 1.93 bits per heavy atom. The highest BCUT2D eigenvalue weighted by Crippen LogP contribution is 2.17. The maximum Gasteiger partial charge on any atom is 0.213 e. The molecular weight excluding hydrogens is 190 g/mol. The molecule has 1 fully saturated rings. The van der Waals surface area contributed by atoms with Crippen molar-refractivity contribution >= 4 is 0 Å². The van der Waals surface area contributed by atoms with E-state index in [1.54, 1.807) is 0 Å². The molecule has 15 heavy (non-hydrogen) atoms. The van der Waals surface area contributed by atoms with Gasteiger partial charge in [0, 0.05) is 6.04 Å². The van der Waals surface area contributed by atoms with Gasteiger partial charge in [0.05, 0.1) is 6.54 Å². The Hall–Kier alpha value is -0.900. The molecule has 0 atom stereocenters. The van der Waals surface area contributed by atoms with Crippen molar-refractivity contribution < 1.29 is 4.52 Å². The Morgan fingerprint density at radius 3 is 2.60 bits per heavy atom. The molecule has 0 spiro atoms. The lowest BCUT2D eigenvalue weighted by molar-refractivity contribution is 0.374. The number of aromatic nitrogens is 2. The Kier molecular flexibility index (Phi) is 4.14. The first-order chi connectivity index (χ1) is 7.45. The van der Waals surface area contributed by atoms with Crippen LogP contribution < -0.4 is 5.32 Å². The third-order valence-electron chi connectivity index (χ3n) is 3.06. The molecule has 1 saturated carbocycles. The molecule has 1 heterocycles. The SMILES string of the molecule is c1nc(CNC2CCCCCCC2)no1. The van der Waals surface area contributed by atoms with E-state index in [0.717, 1.165) is 12.4 Å². The number of hydrogen-bond donors (Lipinski definition) is 1. The highest BCUT2D eigenvalue weighted by atomic mass is 16.5. The van der Waals surface area contributed by atoms with Crippen LogP contribution in [-0.2, 0) is 6.54 Å². The van der Waals surface area contributed by atoms with Gasteiger partial charge in [0.1, 0.15) is 0 Å². The van der Waals surface area contributed by atoms with Gasteiger partial charge in [0.15, 0.2) is 5.82 Å². The molecule has 0 unspecified atom stereocenters. The van der Waals surface area contributed by atoms with Crippen LogP contribution in [0.25, 0.3) is 0 Å². The average molecular weight is 209 g/mol. The fraction of sp³-hybridized carbons (Fsp3) is 0.818. The van der Waals surface area contributed by atoms with E-state index in [1.165, 1.54) is 51.3 Å². The van der Waals surface area contributed by atoms with Gasteiger partial charge in [-0.25, -0.2) is 0 Å². The van der Waals surface area contributed by atoms with Crippen LogP contribution in [0.4, 0.5) is 0 Å². The lowest BCUT2D eigenvalue weighted by atomic mass is 9.97. The topological polar surface area (TPSA) is 51.0 Å². The van der Waals surface area contributed by atoms with Crippen LogP contribution >= 0.6 is 0 Å². The van der Waals surface area contributed by atoms with Crippen LogP contribution in [0.15, 0.2) is 10.9 Å². The summed E-state index contributed by atoms with van der Waals surface area (Å²) in [5.41, 5.74) is 0. The summed E-state index contributed by atoms with van der Waals surface area (Å²) in [5.74, 6) is 0.761. The molecular formula is C11H19N3O. The van der Waals surface area contributed by atoms with Gasteiger partial charge in [-0.2, -0.15) is 4.98 Å². The van der Waals surface area contributed by atoms with E-state index in [0.29, 0.717) is 6.04 Å². The van der Waals surface area contributed by atoms with Crippen molar-refractivity contribution in [3.05, 3.63) is 12.2 Å². The summed E-state index contributed by atoms with van der Waals surface area (Å²) in [6.07, 6.45) is 10.9. The van der Waals surface area contributed by atoms with Crippen molar-refractivity contribution in [1.82, 2.24) is 15.5 Å². The highest BCUT2D eigenvalue weighted by Gasteiger charge is 2.11. The van der Waals surface area contributed by atoms with E-state index in [-0.39, 0.29) is 0 Å². The van der Waals surface area contributed by atoms with E-state index in [2.05, 4.69) is 15.5 Å². The predicted molar refractivity (Wildman–Crippen MR) is 57.2 cm³/mol. The van der Waals surface area contributed by atoms with E-state index in [9.17, 15) is 0 Å². The van der Waals surface area contributed by atoms with Gasteiger partial charge in [-0.05, 0) is 12.8 Å². The number of nitrogens with zero attached hydrogens (tertiary/aromatic N) is 2. The van der Waals surface area contributed by atoms with Crippen LogP contribution in [0.5, 0.6) is 0 Å². The van der Waals surface area contributed by atoms with Gasteiger partial charge in [-0.3, -0.25) is 0 Å². The quantitative estimate of drug-likeness (QED) is 0.829. The van der Waals surface area contributed by atoms with E-state index in [1.807, 2.05) is 0 Å². The first-order valence-electron chi connectivity index (χ1n) is 5.94. The van der Waals surface area contributed by atoms with E-state index < -0.39 is 0 Å². The Balaban J connectivity index is 1.72. The zero-order chi connectivity index (χ0) is 10.3. The fourth-order valence-corrected chi connectivity index (χ4v) is 2.17. The monoisotopic (exact) mass is 209 g/mol. The second kappa shape index (κ2) is 5.85. The second-order valence-corrected chi connectivity index (χ2v) is 4.27. The number of rotatable bonds is 3. The van der Waals surface area contributed by atoms with Crippen LogP contribution in [-0.4, -0.2) is 16.2 Å². The minimum absolute atomic E-state index is 0.642. The standard InChI is InChI=1S/C11H19N3O/c1-2-4-6-10(7-5-3-1)12-8-11-13-9-15-14-11/h9-10,12H,1-8H2. The van der Waals surface area contributed by atoms with Crippen LogP contribution in [0.2, 0.25) is 0 Å². The summed E-state index contributed by atoms with van der Waals surface area (Å²) >= 11 is 0. The van der Waals surface area contributed by atoms with Crippen molar-refractivity contribution in [2.45, 2.75) is 57.5 Å². The number of hydrogen-bond acceptors (Lipinski definition) is 4. The molecule has 4 heteroatoms. The first-order valence-corrected chi connectivity index (χ1v) is 5.94. The Labute approximate surface area is 90.4 Å². The molecule has 0 amide bonds. The van der Waals surface area contributed by atoms with Gasteiger partial charge >= 0.3 is 0 Å². The molecule has 0 aliphatic heterocycles. The molecule has 1 aromatic heterocycles. The van der Waals surface area contributed by atoms with Crippen LogP contribution in [0.1, 0.15) is 50.8 Å². The van der Waals surface area contributed by atoms with E-state index >= 15 is 0 Å². The number of nitrogens with one attached hydrogen (secondary N) is 1. The molecule has 1 aliphatic rings. The summed E-state index contributed by atoms with van der Waals surface area (Å²) in [5, 5.41) is 7.30. The molecule has 4 nitrogen and oxygen atoms in total. The third kappa shape index (κ3) is 3.63. The minimum Gasteiger partial charge on any atom is -0.343 e. The summed E-state index contributed by atoms with van der Waals surface area (Å²) in [6, 6.07) is 0.642. The molecule has 1 aromatic rings. The summed E-state index contributed by atoms with van der Waals surface area (Å²) in [6.45, 7) is 0.737. The van der Waals surface area contributed by atoms with Crippen molar-refractivity contribution in [3.63, 3.8) is 0 Å². The van der Waals surface area contributed by atoms with Gasteiger partial charge in [-0.1, -0.05) is 37.3 Å². The summed E-state index contributed by atoms with van der Waals surface area (Å²) in [4.78, 5) is 4.00. The summed E-state index contributed by atoms with van der Waals surface area (Å²) in [7, 11) is 0. The summed E-state index contributed by atoms with van der Waals surface area (Å²) < 4.78 is 4.70. The largest absolute Gasteiger partial charge is 0.343 e. The fourth-order valence-electron chi connectivity index (χ4n) is 2.17. The minimum atomic E-state index is 0.642. The highest BCUT2D eigenvalue weighted by molar-refractivity contribution is 4.79. The molecule has 0 bridgehead atoms. The third-order valence-corrected chi connectivity index (χ3v) is 3.06. The van der Waals surface area contributed by atoms with Crippen molar-refractivity contribution in [3.8, 4) is 0 Å². The smallest absolute Gasteiger partial charge is 0.213 e.